The van der Waals surface area contributed by atoms with E-state index in [2.05, 4.69) is 317 Å². The maximum Gasteiger partial charge on any atom is 0.252 e. The maximum absolute atomic E-state index is 2.87. The largest absolute Gasteiger partial charge is 0.334 e. The second kappa shape index (κ2) is 20.4. The van der Waals surface area contributed by atoms with Crippen molar-refractivity contribution in [3.8, 4) is 0 Å². The van der Waals surface area contributed by atoms with Crippen LogP contribution >= 0.6 is 0 Å². The molecule has 4 aliphatic rings. The molecule has 8 aromatic rings. The standard InChI is InChI=1S/C82H98BN3/c1-75(2,3)56-34-29-53(30-35-56)45-65(54-31-36-57(37-32-54)76(4,5)6)55-33-42-69-66(46-55)81(19)43-21-22-44-82(81,20)86(69)64-51-72-74-73(52-64)85(63-28-24-26-59(48-63)78(10,11)12)71-50-61(80(16,17)18)39-41-68(71)83(74)67-40-38-60(79(13,14)15)49-70(67)84(72)62-27-23-25-58(47-62)77(7,8)9/h23-42,46-52,65H,21-22,43-45H2,1-20H3. The van der Waals surface area contributed by atoms with Crippen LogP contribution in [0.3, 0.4) is 0 Å². The molecule has 12 rings (SSSR count). The Bertz CT molecular complexity index is 3760. The van der Waals surface area contributed by atoms with Crippen molar-refractivity contribution >= 4 is 68.6 Å². The van der Waals surface area contributed by atoms with Crippen molar-refractivity contribution in [3.05, 3.63) is 219 Å². The summed E-state index contributed by atoms with van der Waals surface area (Å²) >= 11 is 0. The van der Waals surface area contributed by atoms with Gasteiger partial charge in [-0.15, -0.1) is 0 Å². The first-order valence-corrected chi connectivity index (χ1v) is 32.6. The molecular formula is C82H98BN3. The van der Waals surface area contributed by atoms with E-state index >= 15 is 0 Å². The van der Waals surface area contributed by atoms with Crippen molar-refractivity contribution < 1.29 is 0 Å². The zero-order chi connectivity index (χ0) is 61.6. The molecule has 8 aromatic carbocycles. The highest BCUT2D eigenvalue weighted by Crippen LogP contribution is 2.62. The van der Waals surface area contributed by atoms with Gasteiger partial charge >= 0.3 is 0 Å². The molecular weight excluding hydrogens is 1040 g/mol. The minimum Gasteiger partial charge on any atom is -0.334 e. The first-order chi connectivity index (χ1) is 40.1. The Morgan fingerprint density at radius 3 is 1.27 bits per heavy atom. The molecule has 3 heterocycles. The predicted molar refractivity (Wildman–Crippen MR) is 374 cm³/mol. The minimum atomic E-state index is -0.217. The van der Waals surface area contributed by atoms with Crippen molar-refractivity contribution in [1.82, 2.24) is 0 Å². The van der Waals surface area contributed by atoms with Gasteiger partial charge in [0.2, 0.25) is 0 Å². The Hall–Kier alpha value is -6.78. The Balaban J connectivity index is 1.14. The van der Waals surface area contributed by atoms with Crippen LogP contribution in [0.1, 0.15) is 226 Å². The third-order valence-electron chi connectivity index (χ3n) is 21.0. The van der Waals surface area contributed by atoms with E-state index in [0.29, 0.717) is 0 Å². The van der Waals surface area contributed by atoms with E-state index in [1.54, 1.807) is 0 Å². The summed E-state index contributed by atoms with van der Waals surface area (Å²) in [6.07, 6.45) is 5.58. The Morgan fingerprint density at radius 2 is 0.802 bits per heavy atom. The van der Waals surface area contributed by atoms with Gasteiger partial charge in [-0.2, -0.15) is 0 Å². The van der Waals surface area contributed by atoms with E-state index in [-0.39, 0.29) is 56.1 Å². The third-order valence-corrected chi connectivity index (χ3v) is 21.0. The Labute approximate surface area is 519 Å². The summed E-state index contributed by atoms with van der Waals surface area (Å²) in [5.74, 6) is 0.179. The molecule has 0 amide bonds. The Kier molecular flexibility index (Phi) is 14.1. The first kappa shape index (κ1) is 59.6. The van der Waals surface area contributed by atoms with Gasteiger partial charge in [-0.05, 0) is 185 Å². The van der Waals surface area contributed by atoms with Crippen LogP contribution in [0, 0.1) is 0 Å². The molecule has 1 aliphatic carbocycles. The highest BCUT2D eigenvalue weighted by atomic mass is 15.3. The molecule has 3 nitrogen and oxygen atoms in total. The molecule has 0 bridgehead atoms. The zero-order valence-electron chi connectivity index (χ0n) is 56.1. The zero-order valence-corrected chi connectivity index (χ0v) is 56.1. The summed E-state index contributed by atoms with van der Waals surface area (Å²) < 4.78 is 0. The molecule has 0 spiro atoms. The highest BCUT2D eigenvalue weighted by molar-refractivity contribution is 7.00. The van der Waals surface area contributed by atoms with Crippen molar-refractivity contribution in [2.75, 3.05) is 14.7 Å². The van der Waals surface area contributed by atoms with Gasteiger partial charge in [0.05, 0.1) is 5.54 Å². The van der Waals surface area contributed by atoms with Gasteiger partial charge in [0.1, 0.15) is 0 Å². The topological polar surface area (TPSA) is 9.72 Å². The van der Waals surface area contributed by atoms with Crippen LogP contribution < -0.4 is 31.1 Å². The van der Waals surface area contributed by atoms with Gasteiger partial charge < -0.3 is 14.7 Å². The molecule has 0 N–H and O–H groups in total. The van der Waals surface area contributed by atoms with Crippen LogP contribution in [0.4, 0.5) is 45.5 Å². The molecule has 1 fully saturated rings. The van der Waals surface area contributed by atoms with Gasteiger partial charge in [-0.1, -0.05) is 254 Å². The highest BCUT2D eigenvalue weighted by Gasteiger charge is 2.58. The second-order valence-electron chi connectivity index (χ2n) is 33.2. The molecule has 86 heavy (non-hydrogen) atoms. The second-order valence-corrected chi connectivity index (χ2v) is 33.2. The normalized spacial score (nSPS) is 19.0. The van der Waals surface area contributed by atoms with E-state index in [0.717, 1.165) is 19.3 Å². The summed E-state index contributed by atoms with van der Waals surface area (Å²) in [5, 5.41) is 0. The van der Waals surface area contributed by atoms with Crippen LogP contribution in [-0.2, 0) is 44.3 Å². The molecule has 0 radical (unpaired) electrons. The van der Waals surface area contributed by atoms with Crippen molar-refractivity contribution in [3.63, 3.8) is 0 Å². The van der Waals surface area contributed by atoms with E-state index in [1.165, 1.54) is 130 Å². The molecule has 3 atom stereocenters. The van der Waals surface area contributed by atoms with Crippen LogP contribution in [0.5, 0.6) is 0 Å². The number of nitrogens with zero attached hydrogens (tertiary/aromatic N) is 3. The molecule has 4 heteroatoms. The fourth-order valence-electron chi connectivity index (χ4n) is 15.2. The van der Waals surface area contributed by atoms with Crippen molar-refractivity contribution in [1.29, 1.82) is 0 Å². The smallest absolute Gasteiger partial charge is 0.252 e. The molecule has 1 saturated carbocycles. The van der Waals surface area contributed by atoms with E-state index in [4.69, 9.17) is 0 Å². The number of fused-ring (bicyclic) bond motifs is 7. The van der Waals surface area contributed by atoms with Crippen LogP contribution in [0.15, 0.2) is 164 Å². The number of benzene rings is 8. The fraction of sp³-hybridized carbons (Fsp3) is 0.415. The molecule has 0 saturated heterocycles. The van der Waals surface area contributed by atoms with E-state index in [9.17, 15) is 0 Å². The quantitative estimate of drug-likeness (QED) is 0.147. The summed E-state index contributed by atoms with van der Waals surface area (Å²) in [6, 6.07) is 66.2. The fourth-order valence-corrected chi connectivity index (χ4v) is 15.2. The van der Waals surface area contributed by atoms with E-state index < -0.39 is 0 Å². The summed E-state index contributed by atoms with van der Waals surface area (Å²) in [4.78, 5) is 8.23. The first-order valence-electron chi connectivity index (χ1n) is 32.6. The summed E-state index contributed by atoms with van der Waals surface area (Å²) in [7, 11) is 0. The minimum absolute atomic E-state index is 0.00537. The molecule has 0 aromatic heterocycles. The van der Waals surface area contributed by atoms with Crippen LogP contribution in [0.25, 0.3) is 0 Å². The van der Waals surface area contributed by atoms with Crippen molar-refractivity contribution in [2.45, 2.75) is 220 Å². The molecule has 3 aliphatic heterocycles. The number of hydrogen-bond donors (Lipinski definition) is 0. The van der Waals surface area contributed by atoms with Gasteiger partial charge in [0.15, 0.2) is 0 Å². The molecule has 3 unspecified atom stereocenters. The lowest BCUT2D eigenvalue weighted by molar-refractivity contribution is 0.195. The average Bonchev–Trinajstić information content (AvgIpc) is 1.21. The molecule has 444 valence electrons. The van der Waals surface area contributed by atoms with Crippen LogP contribution in [-0.4, -0.2) is 12.3 Å². The van der Waals surface area contributed by atoms with Crippen LogP contribution in [0.2, 0.25) is 0 Å². The Morgan fingerprint density at radius 1 is 0.384 bits per heavy atom. The number of hydrogen-bond acceptors (Lipinski definition) is 3. The monoisotopic (exact) mass is 1140 g/mol. The van der Waals surface area contributed by atoms with Gasteiger partial charge in [0, 0.05) is 56.8 Å². The summed E-state index contributed by atoms with van der Waals surface area (Å²) in [5.41, 5.74) is 27.5. The third kappa shape index (κ3) is 10.2. The van der Waals surface area contributed by atoms with Gasteiger partial charge in [-0.25, -0.2) is 0 Å². The van der Waals surface area contributed by atoms with Gasteiger partial charge in [-0.3, -0.25) is 0 Å². The number of rotatable bonds is 7. The maximum atomic E-state index is 2.87. The summed E-state index contributed by atoms with van der Waals surface area (Å²) in [6.45, 7) is 47.5. The van der Waals surface area contributed by atoms with Crippen molar-refractivity contribution in [2.24, 2.45) is 0 Å². The van der Waals surface area contributed by atoms with Gasteiger partial charge in [0.25, 0.3) is 6.71 Å². The number of anilines is 8. The predicted octanol–water partition coefficient (Wildman–Crippen LogP) is 20.7. The average molecular weight is 1140 g/mol. The lowest BCUT2D eigenvalue weighted by atomic mass is 9.33. The van der Waals surface area contributed by atoms with E-state index in [1.807, 2.05) is 0 Å². The lowest BCUT2D eigenvalue weighted by Gasteiger charge is -2.51. The lowest BCUT2D eigenvalue weighted by Crippen LogP contribution is -2.61. The SMILES string of the molecule is CC(C)(C)c1ccc(CC(c2ccc(C(C)(C)C)cc2)c2ccc3c(c2)C2(C)CCCCC2(C)N3c2cc3c4c(c2)N(c2cccc(C(C)(C)C)c2)c2cc(C(C)(C)C)ccc2B4c2ccc(C(C)(C)C)cc2N3c2cccc(C(C)(C)C)c2)cc1.